The Balaban J connectivity index is 0.00000324. The first-order valence-corrected chi connectivity index (χ1v) is 11.6. The predicted molar refractivity (Wildman–Crippen MR) is 146 cm³/mol. The fraction of sp³-hybridized carbons (Fsp3) is 0.400. The molecule has 1 aromatic carbocycles. The highest BCUT2D eigenvalue weighted by Gasteiger charge is 2.13. The number of morpholine rings is 1. The molecule has 0 atom stereocenters. The van der Waals surface area contributed by atoms with Gasteiger partial charge in [-0.25, -0.2) is 15.0 Å². The number of nitrogens with zero attached hydrogens (tertiary/aromatic N) is 5. The number of nitrogens with one attached hydrogen (secondary N) is 2. The highest BCUT2D eigenvalue weighted by atomic mass is 127. The summed E-state index contributed by atoms with van der Waals surface area (Å²) in [7, 11) is 0. The Morgan fingerprint density at radius 3 is 2.53 bits per heavy atom. The molecule has 182 valence electrons. The average Bonchev–Trinajstić information content (AvgIpc) is 3.28. The van der Waals surface area contributed by atoms with Gasteiger partial charge in [-0.2, -0.15) is 0 Å². The van der Waals surface area contributed by atoms with Crippen LogP contribution in [0.15, 0.2) is 60.0 Å². The Hall–Kier alpha value is -2.50. The maximum absolute atomic E-state index is 5.48. The molecule has 8 nitrogen and oxygen atoms in total. The lowest BCUT2D eigenvalue weighted by molar-refractivity contribution is 0.0341. The van der Waals surface area contributed by atoms with Crippen molar-refractivity contribution in [3.63, 3.8) is 0 Å². The maximum atomic E-state index is 5.48. The Morgan fingerprint density at radius 2 is 1.85 bits per heavy atom. The van der Waals surface area contributed by atoms with Gasteiger partial charge in [0.2, 0.25) is 0 Å². The molecule has 3 aromatic rings. The van der Waals surface area contributed by atoms with Crippen LogP contribution in [0.25, 0.3) is 5.82 Å². The monoisotopic (exact) mass is 575 g/mol. The molecule has 0 unspecified atom stereocenters. The van der Waals surface area contributed by atoms with Gasteiger partial charge in [0.1, 0.15) is 11.6 Å². The van der Waals surface area contributed by atoms with Gasteiger partial charge < -0.3 is 15.4 Å². The average molecular weight is 575 g/mol. The molecule has 1 aliphatic heterocycles. The molecule has 9 heteroatoms. The SMILES string of the molecule is CCNC(=NCc1ccc(-n2ccnc2C)nc1)NCc1ccccc1CN1CCOCC1.I. The number of pyridine rings is 1. The molecule has 0 spiro atoms. The van der Waals surface area contributed by atoms with Crippen molar-refractivity contribution in [1.82, 2.24) is 30.1 Å². The van der Waals surface area contributed by atoms with Gasteiger partial charge in [0, 0.05) is 51.3 Å². The second kappa shape index (κ2) is 13.4. The van der Waals surface area contributed by atoms with Gasteiger partial charge in [-0.15, -0.1) is 24.0 Å². The highest BCUT2D eigenvalue weighted by Crippen LogP contribution is 2.13. The number of aromatic nitrogens is 3. The van der Waals surface area contributed by atoms with Gasteiger partial charge in [0.05, 0.1) is 19.8 Å². The minimum absolute atomic E-state index is 0. The second-order valence-corrected chi connectivity index (χ2v) is 8.08. The number of ether oxygens (including phenoxy) is 1. The van der Waals surface area contributed by atoms with Gasteiger partial charge in [-0.3, -0.25) is 9.47 Å². The molecule has 0 aliphatic carbocycles. The maximum Gasteiger partial charge on any atom is 0.191 e. The lowest BCUT2D eigenvalue weighted by Gasteiger charge is -2.27. The van der Waals surface area contributed by atoms with Gasteiger partial charge in [-0.05, 0) is 36.6 Å². The fourth-order valence-electron chi connectivity index (χ4n) is 3.85. The molecule has 0 amide bonds. The Labute approximate surface area is 218 Å². The molecule has 0 bridgehead atoms. The Kier molecular flexibility index (Phi) is 10.3. The number of imidazole rings is 1. The van der Waals surface area contributed by atoms with Crippen molar-refractivity contribution < 1.29 is 4.74 Å². The van der Waals surface area contributed by atoms with E-state index in [1.807, 2.05) is 30.0 Å². The number of guanidine groups is 1. The lowest BCUT2D eigenvalue weighted by atomic mass is 10.1. The zero-order valence-electron chi connectivity index (χ0n) is 19.9. The van der Waals surface area contributed by atoms with E-state index < -0.39 is 0 Å². The van der Waals surface area contributed by atoms with Crippen molar-refractivity contribution in [3.05, 3.63) is 77.5 Å². The summed E-state index contributed by atoms with van der Waals surface area (Å²) in [6.07, 6.45) is 5.57. The molecule has 3 heterocycles. The van der Waals surface area contributed by atoms with E-state index in [0.29, 0.717) is 6.54 Å². The van der Waals surface area contributed by atoms with Crippen LogP contribution in [0.2, 0.25) is 0 Å². The van der Waals surface area contributed by atoms with Crippen molar-refractivity contribution in [3.8, 4) is 5.82 Å². The number of benzene rings is 1. The molecule has 1 fully saturated rings. The van der Waals surface area contributed by atoms with Crippen LogP contribution in [0, 0.1) is 6.92 Å². The summed E-state index contributed by atoms with van der Waals surface area (Å²) in [5.41, 5.74) is 3.69. The third-order valence-corrected chi connectivity index (χ3v) is 5.71. The van der Waals surface area contributed by atoms with Gasteiger partial charge in [-0.1, -0.05) is 30.3 Å². The number of hydrogen-bond acceptors (Lipinski definition) is 5. The largest absolute Gasteiger partial charge is 0.379 e. The zero-order valence-corrected chi connectivity index (χ0v) is 22.2. The van der Waals surface area contributed by atoms with E-state index in [1.54, 1.807) is 6.20 Å². The predicted octanol–water partition coefficient (Wildman–Crippen LogP) is 3.28. The molecular formula is C25H34IN7O. The molecule has 2 aromatic heterocycles. The van der Waals surface area contributed by atoms with Crippen molar-refractivity contribution >= 4 is 29.9 Å². The number of halogens is 1. The molecule has 4 rings (SSSR count). The highest BCUT2D eigenvalue weighted by molar-refractivity contribution is 14.0. The summed E-state index contributed by atoms with van der Waals surface area (Å²) in [6, 6.07) is 12.7. The van der Waals surface area contributed by atoms with E-state index in [9.17, 15) is 0 Å². The molecule has 34 heavy (non-hydrogen) atoms. The molecule has 0 radical (unpaired) electrons. The summed E-state index contributed by atoms with van der Waals surface area (Å²) < 4.78 is 7.45. The van der Waals surface area contributed by atoms with Crippen LogP contribution in [0.3, 0.4) is 0 Å². The summed E-state index contributed by atoms with van der Waals surface area (Å²) >= 11 is 0. The standard InChI is InChI=1S/C25H33N7O.HI/c1-3-26-25(29-17-21-8-9-24(28-16-21)32-11-10-27-20(32)2)30-18-22-6-4-5-7-23(22)19-31-12-14-33-15-13-31;/h4-11,16H,3,12-15,17-19H2,1-2H3,(H2,26,29,30);1H. The Morgan fingerprint density at radius 1 is 1.06 bits per heavy atom. The molecule has 0 saturated carbocycles. The fourth-order valence-corrected chi connectivity index (χ4v) is 3.85. The topological polar surface area (TPSA) is 79.6 Å². The summed E-state index contributed by atoms with van der Waals surface area (Å²) in [5, 5.41) is 6.83. The van der Waals surface area contributed by atoms with Crippen LogP contribution >= 0.6 is 24.0 Å². The minimum Gasteiger partial charge on any atom is -0.379 e. The minimum atomic E-state index is 0. The quantitative estimate of drug-likeness (QED) is 0.244. The number of aliphatic imine (C=N–C) groups is 1. The van der Waals surface area contributed by atoms with Crippen molar-refractivity contribution in [2.45, 2.75) is 33.5 Å². The van der Waals surface area contributed by atoms with Crippen LogP contribution < -0.4 is 10.6 Å². The molecule has 2 N–H and O–H groups in total. The van der Waals surface area contributed by atoms with E-state index >= 15 is 0 Å². The van der Waals surface area contributed by atoms with Crippen LogP contribution in [0.1, 0.15) is 29.4 Å². The molecule has 1 aliphatic rings. The third kappa shape index (κ3) is 7.25. The summed E-state index contributed by atoms with van der Waals surface area (Å²) in [5.74, 6) is 2.58. The van der Waals surface area contributed by atoms with E-state index in [2.05, 4.69) is 62.8 Å². The van der Waals surface area contributed by atoms with Crippen LogP contribution in [0.4, 0.5) is 0 Å². The smallest absolute Gasteiger partial charge is 0.191 e. The second-order valence-electron chi connectivity index (χ2n) is 8.08. The van der Waals surface area contributed by atoms with E-state index in [1.165, 1.54) is 11.1 Å². The number of rotatable bonds is 8. The van der Waals surface area contributed by atoms with Crippen molar-refractivity contribution in [1.29, 1.82) is 0 Å². The van der Waals surface area contributed by atoms with Gasteiger partial charge in [0.15, 0.2) is 5.96 Å². The van der Waals surface area contributed by atoms with E-state index in [0.717, 1.165) is 69.1 Å². The number of aryl methyl sites for hydroxylation is 1. The molecular weight excluding hydrogens is 541 g/mol. The lowest BCUT2D eigenvalue weighted by Crippen LogP contribution is -2.38. The van der Waals surface area contributed by atoms with E-state index in [4.69, 9.17) is 9.73 Å². The normalized spacial score (nSPS) is 14.5. The number of hydrogen-bond donors (Lipinski definition) is 2. The summed E-state index contributed by atoms with van der Waals surface area (Å²) in [6.45, 7) is 10.7. The van der Waals surface area contributed by atoms with Crippen molar-refractivity contribution in [2.75, 3.05) is 32.8 Å². The van der Waals surface area contributed by atoms with Crippen LogP contribution in [-0.4, -0.2) is 58.2 Å². The van der Waals surface area contributed by atoms with E-state index in [-0.39, 0.29) is 24.0 Å². The Bertz CT molecular complexity index is 1050. The van der Waals surface area contributed by atoms with Gasteiger partial charge in [0.25, 0.3) is 0 Å². The van der Waals surface area contributed by atoms with Crippen LogP contribution in [0.5, 0.6) is 0 Å². The third-order valence-electron chi connectivity index (χ3n) is 5.71. The van der Waals surface area contributed by atoms with Crippen LogP contribution in [-0.2, 0) is 24.4 Å². The molecule has 1 saturated heterocycles. The first-order valence-electron chi connectivity index (χ1n) is 11.6. The van der Waals surface area contributed by atoms with Gasteiger partial charge >= 0.3 is 0 Å². The first-order chi connectivity index (χ1) is 16.2. The zero-order chi connectivity index (χ0) is 22.9. The van der Waals surface area contributed by atoms with Crippen molar-refractivity contribution in [2.24, 2.45) is 4.99 Å². The summed E-state index contributed by atoms with van der Waals surface area (Å²) in [4.78, 5) is 16.0. The first kappa shape index (κ1) is 26.1.